The fraction of sp³-hybridized carbons (Fsp3) is 0.222. The second-order valence-corrected chi connectivity index (χ2v) is 3.62. The maximum absolute atomic E-state index is 13.1. The van der Waals surface area contributed by atoms with E-state index in [1.165, 1.54) is 6.07 Å². The number of rotatable bonds is 3. The molecule has 70 valence electrons. The van der Waals surface area contributed by atoms with Crippen LogP contribution in [0.4, 0.5) is 4.39 Å². The van der Waals surface area contributed by atoms with Crippen LogP contribution in [-0.2, 0) is 11.2 Å². The molecule has 0 aromatic heterocycles. The molecule has 2 nitrogen and oxygen atoms in total. The number of hydrogen-bond donors (Lipinski definition) is 1. The molecule has 1 rings (SSSR count). The smallest absolute Gasteiger partial charge is 0.217 e. The van der Waals surface area contributed by atoms with Crippen LogP contribution < -0.4 is 5.73 Å². The van der Waals surface area contributed by atoms with Crippen LogP contribution in [-0.4, -0.2) is 5.91 Å². The highest BCUT2D eigenvalue weighted by molar-refractivity contribution is 9.10. The molecule has 13 heavy (non-hydrogen) atoms. The maximum atomic E-state index is 13.1. The summed E-state index contributed by atoms with van der Waals surface area (Å²) in [4.78, 5) is 10.4. The molecule has 1 amide bonds. The normalized spacial score (nSPS) is 10.0. The molecule has 0 aliphatic heterocycles. The summed E-state index contributed by atoms with van der Waals surface area (Å²) in [5, 5.41) is 0. The first-order valence-corrected chi connectivity index (χ1v) is 4.61. The Labute approximate surface area is 84.1 Å². The summed E-state index contributed by atoms with van der Waals surface area (Å²) in [6.45, 7) is 0. The molecule has 0 spiro atoms. The number of benzene rings is 1. The zero-order chi connectivity index (χ0) is 9.84. The second kappa shape index (κ2) is 4.37. The predicted molar refractivity (Wildman–Crippen MR) is 51.6 cm³/mol. The monoisotopic (exact) mass is 245 g/mol. The van der Waals surface area contributed by atoms with Gasteiger partial charge in [0, 0.05) is 10.9 Å². The minimum Gasteiger partial charge on any atom is -0.370 e. The van der Waals surface area contributed by atoms with Crippen molar-refractivity contribution in [3.63, 3.8) is 0 Å². The molecule has 0 saturated carbocycles. The van der Waals surface area contributed by atoms with Crippen LogP contribution in [0.5, 0.6) is 0 Å². The van der Waals surface area contributed by atoms with Gasteiger partial charge in [-0.3, -0.25) is 4.79 Å². The molecular formula is C9H9BrFNO. The van der Waals surface area contributed by atoms with Crippen LogP contribution in [0.1, 0.15) is 12.0 Å². The van der Waals surface area contributed by atoms with Crippen molar-refractivity contribution in [3.8, 4) is 0 Å². The van der Waals surface area contributed by atoms with Gasteiger partial charge in [0.15, 0.2) is 0 Å². The Morgan fingerprint density at radius 1 is 1.54 bits per heavy atom. The fourth-order valence-electron chi connectivity index (χ4n) is 0.982. The van der Waals surface area contributed by atoms with Crippen LogP contribution in [0.25, 0.3) is 0 Å². The van der Waals surface area contributed by atoms with Crippen molar-refractivity contribution in [1.29, 1.82) is 0 Å². The molecule has 0 aliphatic carbocycles. The van der Waals surface area contributed by atoms with Crippen LogP contribution in [0, 0.1) is 5.82 Å². The quantitative estimate of drug-likeness (QED) is 0.870. The van der Waals surface area contributed by atoms with E-state index in [4.69, 9.17) is 5.73 Å². The zero-order valence-corrected chi connectivity index (χ0v) is 8.47. The minimum atomic E-state index is -0.415. The topological polar surface area (TPSA) is 43.1 Å². The lowest BCUT2D eigenvalue weighted by Crippen LogP contribution is -2.11. The number of nitrogens with two attached hydrogens (primary N) is 1. The fourth-order valence-corrected chi connectivity index (χ4v) is 1.32. The van der Waals surface area contributed by atoms with Gasteiger partial charge in [-0.05, 0) is 24.1 Å². The van der Waals surface area contributed by atoms with E-state index in [0.29, 0.717) is 16.5 Å². The number of primary amides is 1. The average Bonchev–Trinajstić information content (AvgIpc) is 2.02. The third-order valence-corrected chi connectivity index (χ3v) is 2.15. The van der Waals surface area contributed by atoms with E-state index in [2.05, 4.69) is 15.9 Å². The van der Waals surface area contributed by atoms with E-state index in [0.717, 1.165) is 0 Å². The molecular weight excluding hydrogens is 237 g/mol. The largest absolute Gasteiger partial charge is 0.370 e. The van der Waals surface area contributed by atoms with Gasteiger partial charge in [0.25, 0.3) is 0 Å². The molecule has 0 bridgehead atoms. The summed E-state index contributed by atoms with van der Waals surface area (Å²) in [5.41, 5.74) is 5.47. The molecule has 0 fully saturated rings. The summed E-state index contributed by atoms with van der Waals surface area (Å²) in [5.74, 6) is -0.724. The highest BCUT2D eigenvalue weighted by Gasteiger charge is 2.03. The first-order chi connectivity index (χ1) is 6.09. The van der Waals surface area contributed by atoms with Gasteiger partial charge in [-0.2, -0.15) is 0 Å². The van der Waals surface area contributed by atoms with Crippen molar-refractivity contribution in [2.45, 2.75) is 12.8 Å². The third-order valence-electron chi connectivity index (χ3n) is 1.66. The van der Waals surface area contributed by atoms with Crippen molar-refractivity contribution in [2.75, 3.05) is 0 Å². The minimum absolute atomic E-state index is 0.179. The van der Waals surface area contributed by atoms with E-state index in [9.17, 15) is 9.18 Å². The summed E-state index contributed by atoms with van der Waals surface area (Å²) in [6, 6.07) is 4.75. The Balaban J connectivity index is 2.72. The number of hydrogen-bond acceptors (Lipinski definition) is 1. The zero-order valence-electron chi connectivity index (χ0n) is 6.89. The van der Waals surface area contributed by atoms with Gasteiger partial charge in [-0.15, -0.1) is 0 Å². The van der Waals surface area contributed by atoms with Gasteiger partial charge in [0.05, 0.1) is 0 Å². The van der Waals surface area contributed by atoms with E-state index < -0.39 is 5.91 Å². The Hall–Kier alpha value is -0.900. The van der Waals surface area contributed by atoms with Gasteiger partial charge < -0.3 is 5.73 Å². The molecule has 0 radical (unpaired) electrons. The van der Waals surface area contributed by atoms with Crippen LogP contribution >= 0.6 is 15.9 Å². The molecule has 0 saturated heterocycles. The number of carbonyl (C=O) groups is 1. The third kappa shape index (κ3) is 3.14. The number of halogens is 2. The van der Waals surface area contributed by atoms with Crippen molar-refractivity contribution >= 4 is 21.8 Å². The lowest BCUT2D eigenvalue weighted by atomic mass is 10.1. The van der Waals surface area contributed by atoms with Crippen molar-refractivity contribution < 1.29 is 9.18 Å². The van der Waals surface area contributed by atoms with Crippen molar-refractivity contribution in [2.24, 2.45) is 5.73 Å². The standard InChI is InChI=1S/C9H9BrFNO/c10-7-3-1-6(8(11)5-7)2-4-9(12)13/h1,3,5H,2,4H2,(H2,12,13). The van der Waals surface area contributed by atoms with E-state index in [1.54, 1.807) is 12.1 Å². The number of carbonyl (C=O) groups excluding carboxylic acids is 1. The SMILES string of the molecule is NC(=O)CCc1ccc(Br)cc1F. The Kier molecular flexibility index (Phi) is 3.42. The Morgan fingerprint density at radius 3 is 2.77 bits per heavy atom. The Bertz CT molecular complexity index is 327. The van der Waals surface area contributed by atoms with Gasteiger partial charge in [-0.25, -0.2) is 4.39 Å². The molecule has 0 atom stereocenters. The molecule has 0 heterocycles. The molecule has 4 heteroatoms. The van der Waals surface area contributed by atoms with E-state index >= 15 is 0 Å². The summed E-state index contributed by atoms with van der Waals surface area (Å²) >= 11 is 3.14. The van der Waals surface area contributed by atoms with Gasteiger partial charge in [0.2, 0.25) is 5.91 Å². The molecule has 1 aromatic rings. The number of amides is 1. The molecule has 0 aliphatic rings. The van der Waals surface area contributed by atoms with Gasteiger partial charge >= 0.3 is 0 Å². The first-order valence-electron chi connectivity index (χ1n) is 3.82. The number of aryl methyl sites for hydroxylation is 1. The van der Waals surface area contributed by atoms with E-state index in [1.807, 2.05) is 0 Å². The van der Waals surface area contributed by atoms with Crippen LogP contribution in [0.3, 0.4) is 0 Å². The predicted octanol–water partition coefficient (Wildman–Crippen LogP) is 2.01. The summed E-state index contributed by atoms with van der Waals surface area (Å²) in [6.07, 6.45) is 0.535. The molecule has 1 aromatic carbocycles. The van der Waals surface area contributed by atoms with Crippen molar-refractivity contribution in [1.82, 2.24) is 0 Å². The molecule has 0 unspecified atom stereocenters. The van der Waals surface area contributed by atoms with Crippen LogP contribution in [0.2, 0.25) is 0 Å². The second-order valence-electron chi connectivity index (χ2n) is 2.70. The van der Waals surface area contributed by atoms with Gasteiger partial charge in [0.1, 0.15) is 5.82 Å². The highest BCUT2D eigenvalue weighted by Crippen LogP contribution is 2.16. The summed E-state index contributed by atoms with van der Waals surface area (Å²) < 4.78 is 13.8. The van der Waals surface area contributed by atoms with Crippen molar-refractivity contribution in [3.05, 3.63) is 34.1 Å². The maximum Gasteiger partial charge on any atom is 0.217 e. The van der Waals surface area contributed by atoms with Crippen LogP contribution in [0.15, 0.2) is 22.7 Å². The van der Waals surface area contributed by atoms with Gasteiger partial charge in [-0.1, -0.05) is 22.0 Å². The molecule has 2 N–H and O–H groups in total. The lowest BCUT2D eigenvalue weighted by molar-refractivity contribution is -0.117. The van der Waals surface area contributed by atoms with E-state index in [-0.39, 0.29) is 12.2 Å². The summed E-state index contributed by atoms with van der Waals surface area (Å²) in [7, 11) is 0. The average molecular weight is 246 g/mol. The first kappa shape index (κ1) is 10.2. The highest BCUT2D eigenvalue weighted by atomic mass is 79.9. The lowest BCUT2D eigenvalue weighted by Gasteiger charge is -2.01. The Morgan fingerprint density at radius 2 is 2.23 bits per heavy atom.